The highest BCUT2D eigenvalue weighted by Gasteiger charge is 2.30. The summed E-state index contributed by atoms with van der Waals surface area (Å²) in [5, 5.41) is 0.119. The highest BCUT2D eigenvalue weighted by Crippen LogP contribution is 2.38. The molecule has 0 bridgehead atoms. The van der Waals surface area contributed by atoms with Crippen molar-refractivity contribution in [1.29, 1.82) is 0 Å². The fraction of sp³-hybridized carbons (Fsp3) is 0.333. The van der Waals surface area contributed by atoms with Crippen LogP contribution < -0.4 is 0 Å². The van der Waals surface area contributed by atoms with Crippen molar-refractivity contribution >= 4 is 48.6 Å². The summed E-state index contributed by atoms with van der Waals surface area (Å²) in [5.74, 6) is 0.654. The van der Waals surface area contributed by atoms with Gasteiger partial charge in [0.25, 0.3) is 0 Å². The number of rotatable bonds is 4. The van der Waals surface area contributed by atoms with E-state index < -0.39 is 24.7 Å². The zero-order chi connectivity index (χ0) is 11.5. The van der Waals surface area contributed by atoms with Crippen LogP contribution in [0.3, 0.4) is 0 Å². The first-order chi connectivity index (χ1) is 6.99. The van der Waals surface area contributed by atoms with Crippen molar-refractivity contribution in [2.45, 2.75) is 9.68 Å². The van der Waals surface area contributed by atoms with Gasteiger partial charge in [-0.15, -0.1) is 0 Å². The molecule has 0 saturated heterocycles. The molecule has 0 radical (unpaired) electrons. The summed E-state index contributed by atoms with van der Waals surface area (Å²) in [5.41, 5.74) is 0.525. The highest BCUT2D eigenvalue weighted by molar-refractivity contribution is 14.2. The lowest BCUT2D eigenvalue weighted by molar-refractivity contribution is 0.122. The van der Waals surface area contributed by atoms with Gasteiger partial charge in [-0.05, 0) is 44.7 Å². The zero-order valence-corrected chi connectivity index (χ0v) is 11.7. The van der Waals surface area contributed by atoms with Gasteiger partial charge >= 0.3 is 3.93 Å². The summed E-state index contributed by atoms with van der Waals surface area (Å²) in [6, 6.07) is 3.02. The number of nitrogens with zero attached hydrogens (tertiary/aromatic N) is 1. The van der Waals surface area contributed by atoms with Crippen LogP contribution >= 0.6 is 44.1 Å². The summed E-state index contributed by atoms with van der Waals surface area (Å²) >= 11 is 5.78. The summed E-state index contributed by atoms with van der Waals surface area (Å²) in [7, 11) is 0. The number of aromatic nitrogens is 1. The van der Waals surface area contributed by atoms with E-state index in [1.807, 2.05) is 6.26 Å². The number of pyridine rings is 1. The Labute approximate surface area is 106 Å². The smallest absolute Gasteiger partial charge is 0.234 e. The SMILES string of the molecule is C=IC(F)(F)c1cc(CSC)cc(Cl)n1. The largest absolute Gasteiger partial charge is 0.332 e. The molecule has 0 aromatic carbocycles. The van der Waals surface area contributed by atoms with E-state index in [0.717, 1.165) is 5.56 Å². The molecular weight excluding hydrogens is 355 g/mol. The maximum atomic E-state index is 13.3. The normalized spacial score (nSPS) is 11.7. The molecule has 0 atom stereocenters. The minimum Gasteiger partial charge on any atom is -0.234 e. The third-order valence-corrected chi connectivity index (χ3v) is 3.95. The summed E-state index contributed by atoms with van der Waals surface area (Å²) in [6.45, 7) is 0. The van der Waals surface area contributed by atoms with Crippen LogP contribution in [0.5, 0.6) is 0 Å². The van der Waals surface area contributed by atoms with Crippen LogP contribution in [-0.2, 0) is 9.68 Å². The van der Waals surface area contributed by atoms with E-state index in [4.69, 9.17) is 11.6 Å². The van der Waals surface area contributed by atoms with Crippen molar-refractivity contribution in [3.05, 3.63) is 28.5 Å². The Kier molecular flexibility index (Phi) is 4.92. The van der Waals surface area contributed by atoms with E-state index >= 15 is 0 Å². The Morgan fingerprint density at radius 1 is 1.60 bits per heavy atom. The van der Waals surface area contributed by atoms with Crippen LogP contribution in [0.25, 0.3) is 0 Å². The fourth-order valence-corrected chi connectivity index (χ4v) is 2.41. The van der Waals surface area contributed by atoms with Crippen LogP contribution in [0.1, 0.15) is 11.3 Å². The maximum Gasteiger partial charge on any atom is 0.332 e. The maximum absolute atomic E-state index is 13.3. The van der Waals surface area contributed by atoms with Crippen molar-refractivity contribution in [1.82, 2.24) is 4.98 Å². The Morgan fingerprint density at radius 3 is 2.80 bits per heavy atom. The van der Waals surface area contributed by atoms with Crippen LogP contribution in [0.15, 0.2) is 12.1 Å². The molecule has 0 saturated carbocycles. The van der Waals surface area contributed by atoms with Crippen LogP contribution in [0.4, 0.5) is 8.78 Å². The molecule has 6 heteroatoms. The van der Waals surface area contributed by atoms with Gasteiger partial charge < -0.3 is 0 Å². The van der Waals surface area contributed by atoms with Gasteiger partial charge in [0, 0.05) is 5.75 Å². The van der Waals surface area contributed by atoms with Crippen molar-refractivity contribution in [2.24, 2.45) is 0 Å². The second kappa shape index (κ2) is 5.54. The quantitative estimate of drug-likeness (QED) is 0.455. The topological polar surface area (TPSA) is 12.9 Å². The molecule has 1 aromatic rings. The molecule has 0 fully saturated rings. The molecule has 0 N–H and O–H groups in total. The van der Waals surface area contributed by atoms with Crippen LogP contribution in [0.2, 0.25) is 5.15 Å². The molecule has 0 aliphatic rings. The zero-order valence-electron chi connectivity index (χ0n) is 7.94. The third kappa shape index (κ3) is 3.64. The van der Waals surface area contributed by atoms with Crippen molar-refractivity contribution < 1.29 is 8.78 Å². The average Bonchev–Trinajstić information content (AvgIpc) is 2.17. The monoisotopic (exact) mass is 363 g/mol. The molecule has 0 amide bonds. The van der Waals surface area contributed by atoms with Gasteiger partial charge in [0.2, 0.25) is 0 Å². The first-order valence-electron chi connectivity index (χ1n) is 3.93. The molecular formula is C9H9ClF2INS. The first-order valence-corrected chi connectivity index (χ1v) is 8.30. The fourth-order valence-electron chi connectivity index (χ4n) is 1.01. The lowest BCUT2D eigenvalue weighted by Crippen LogP contribution is -2.07. The molecule has 1 nitrogen and oxygen atoms in total. The van der Waals surface area contributed by atoms with Gasteiger partial charge in [-0.2, -0.15) is 20.5 Å². The average molecular weight is 364 g/mol. The lowest BCUT2D eigenvalue weighted by atomic mass is 10.2. The highest BCUT2D eigenvalue weighted by atomic mass is 127. The third-order valence-electron chi connectivity index (χ3n) is 1.62. The second-order valence-corrected chi connectivity index (χ2v) is 6.12. The van der Waals surface area contributed by atoms with Gasteiger partial charge in [0.1, 0.15) is 10.8 Å². The predicted octanol–water partition coefficient (Wildman–Crippen LogP) is 4.05. The van der Waals surface area contributed by atoms with Gasteiger partial charge in [-0.25, -0.2) is 4.98 Å². The number of halogens is 4. The minimum atomic E-state index is -2.89. The van der Waals surface area contributed by atoms with E-state index in [0.29, 0.717) is 5.75 Å². The Morgan fingerprint density at radius 2 is 2.27 bits per heavy atom. The van der Waals surface area contributed by atoms with Gasteiger partial charge in [0.15, 0.2) is 0 Å². The van der Waals surface area contributed by atoms with E-state index in [-0.39, 0.29) is 10.8 Å². The number of hydrogen-bond acceptors (Lipinski definition) is 2. The van der Waals surface area contributed by atoms with Gasteiger partial charge in [-0.3, -0.25) is 0 Å². The summed E-state index contributed by atoms with van der Waals surface area (Å²) in [4.78, 5) is 3.65. The summed E-state index contributed by atoms with van der Waals surface area (Å²) in [6.07, 6.45) is 1.90. The Bertz CT molecular complexity index is 373. The first kappa shape index (κ1) is 13.3. The molecule has 1 heterocycles. The number of alkyl halides is 3. The Balaban J connectivity index is 3.14. The van der Waals surface area contributed by atoms with Crippen molar-refractivity contribution in [3.63, 3.8) is 0 Å². The van der Waals surface area contributed by atoms with E-state index in [2.05, 4.69) is 9.50 Å². The molecule has 0 spiro atoms. The van der Waals surface area contributed by atoms with E-state index in [9.17, 15) is 8.78 Å². The van der Waals surface area contributed by atoms with E-state index in [1.165, 1.54) is 6.07 Å². The van der Waals surface area contributed by atoms with Crippen molar-refractivity contribution in [2.75, 3.05) is 6.26 Å². The summed E-state index contributed by atoms with van der Waals surface area (Å²) < 4.78 is 27.1. The van der Waals surface area contributed by atoms with Crippen molar-refractivity contribution in [3.8, 4) is 0 Å². The second-order valence-electron chi connectivity index (χ2n) is 2.75. The molecule has 1 aromatic heterocycles. The number of hydrogen-bond donors (Lipinski definition) is 0. The molecule has 15 heavy (non-hydrogen) atoms. The molecule has 0 aliphatic heterocycles. The Hall–Kier alpha value is 0.250. The van der Waals surface area contributed by atoms with Crippen LogP contribution in [0, 0.1) is 0 Å². The lowest BCUT2D eigenvalue weighted by Gasteiger charge is -2.11. The van der Waals surface area contributed by atoms with Crippen LogP contribution in [-0.4, -0.2) is 15.8 Å². The van der Waals surface area contributed by atoms with Gasteiger partial charge in [-0.1, -0.05) is 16.1 Å². The molecule has 0 aliphatic carbocycles. The standard InChI is InChI=1S/C9H9ClF2INS/c1-13-9(11,12)7-3-6(5-15-2)4-8(10)14-7/h3-4H,1,5H2,2H3. The predicted molar refractivity (Wildman–Crippen MR) is 71.5 cm³/mol. The molecule has 0 unspecified atom stereocenters. The molecule has 84 valence electrons. The van der Waals surface area contributed by atoms with E-state index in [1.54, 1.807) is 17.8 Å². The minimum absolute atomic E-state index is 0.119. The molecule has 1 rings (SSSR count). The van der Waals surface area contributed by atoms with Gasteiger partial charge in [0.05, 0.1) is 0 Å². The number of thioether (sulfide) groups is 1.